The predicted molar refractivity (Wildman–Crippen MR) is 60.4 cm³/mol. The van der Waals surface area contributed by atoms with E-state index in [0.717, 1.165) is 6.42 Å². The van der Waals surface area contributed by atoms with Crippen molar-refractivity contribution in [2.24, 2.45) is 5.41 Å². The molecule has 1 aromatic heterocycles. The van der Waals surface area contributed by atoms with Crippen molar-refractivity contribution in [1.82, 2.24) is 9.97 Å². The first-order valence-corrected chi connectivity index (χ1v) is 5.34. The zero-order valence-corrected chi connectivity index (χ0v) is 9.77. The molecule has 0 bridgehead atoms. The van der Waals surface area contributed by atoms with Crippen LogP contribution in [0, 0.1) is 5.41 Å². The van der Waals surface area contributed by atoms with E-state index in [0.29, 0.717) is 11.7 Å². The maximum atomic E-state index is 9.61. The minimum Gasteiger partial charge on any atom is -0.494 e. The number of methoxy groups -OCH3 is 1. The second-order valence-corrected chi connectivity index (χ2v) is 4.72. The fraction of sp³-hybridized carbons (Fsp3) is 0.636. The number of nitrogens with zero attached hydrogens (tertiary/aromatic N) is 2. The second kappa shape index (κ2) is 3.90. The van der Waals surface area contributed by atoms with Crippen LogP contribution >= 0.6 is 0 Å². The summed E-state index contributed by atoms with van der Waals surface area (Å²) in [5.41, 5.74) is -0.122. The van der Waals surface area contributed by atoms with E-state index in [2.05, 4.69) is 15.3 Å². The van der Waals surface area contributed by atoms with Crippen molar-refractivity contribution in [3.63, 3.8) is 0 Å². The number of ether oxygens (including phenoxy) is 1. The number of hydrogen-bond acceptors (Lipinski definition) is 5. The van der Waals surface area contributed by atoms with Crippen LogP contribution in [0.4, 0.5) is 5.95 Å². The molecule has 5 heteroatoms. The molecular formula is C11H17N3O2. The van der Waals surface area contributed by atoms with Crippen molar-refractivity contribution in [3.8, 4) is 5.75 Å². The zero-order valence-electron chi connectivity index (χ0n) is 9.77. The van der Waals surface area contributed by atoms with Crippen LogP contribution < -0.4 is 10.1 Å². The Morgan fingerprint density at radius 1 is 1.44 bits per heavy atom. The molecule has 0 saturated heterocycles. The van der Waals surface area contributed by atoms with E-state index in [9.17, 15) is 5.11 Å². The SMILES string of the molecule is COc1cnc(NC2CC(O)C2(C)C)nc1. The molecule has 1 fully saturated rings. The van der Waals surface area contributed by atoms with Gasteiger partial charge in [-0.1, -0.05) is 13.8 Å². The molecule has 2 unspecified atom stereocenters. The van der Waals surface area contributed by atoms with Gasteiger partial charge in [-0.05, 0) is 6.42 Å². The molecule has 16 heavy (non-hydrogen) atoms. The van der Waals surface area contributed by atoms with E-state index in [-0.39, 0.29) is 17.6 Å². The Kier molecular flexibility index (Phi) is 2.71. The maximum Gasteiger partial charge on any atom is 0.223 e. The fourth-order valence-electron chi connectivity index (χ4n) is 1.80. The summed E-state index contributed by atoms with van der Waals surface area (Å²) in [4.78, 5) is 8.27. The largest absolute Gasteiger partial charge is 0.494 e. The second-order valence-electron chi connectivity index (χ2n) is 4.72. The molecule has 1 aliphatic rings. The van der Waals surface area contributed by atoms with Crippen molar-refractivity contribution >= 4 is 5.95 Å². The topological polar surface area (TPSA) is 67.3 Å². The molecule has 2 atom stereocenters. The van der Waals surface area contributed by atoms with Crippen LogP contribution in [0.2, 0.25) is 0 Å². The number of hydrogen-bond donors (Lipinski definition) is 2. The zero-order chi connectivity index (χ0) is 11.8. The minimum atomic E-state index is -0.247. The molecule has 88 valence electrons. The number of anilines is 1. The summed E-state index contributed by atoms with van der Waals surface area (Å²) < 4.78 is 4.98. The van der Waals surface area contributed by atoms with E-state index in [4.69, 9.17) is 4.74 Å². The van der Waals surface area contributed by atoms with Gasteiger partial charge in [0.1, 0.15) is 0 Å². The molecule has 1 aromatic rings. The van der Waals surface area contributed by atoms with Crippen molar-refractivity contribution < 1.29 is 9.84 Å². The molecule has 5 nitrogen and oxygen atoms in total. The molecule has 0 amide bonds. The summed E-state index contributed by atoms with van der Waals surface area (Å²) in [5.74, 6) is 1.21. The van der Waals surface area contributed by atoms with Gasteiger partial charge in [0.25, 0.3) is 0 Å². The molecule has 1 heterocycles. The van der Waals surface area contributed by atoms with Gasteiger partial charge < -0.3 is 15.2 Å². The molecule has 2 N–H and O–H groups in total. The van der Waals surface area contributed by atoms with Gasteiger partial charge in [-0.15, -0.1) is 0 Å². The van der Waals surface area contributed by atoms with Crippen LogP contribution in [0.1, 0.15) is 20.3 Å². The first-order chi connectivity index (χ1) is 7.54. The lowest BCUT2D eigenvalue weighted by atomic mass is 9.65. The standard InChI is InChI=1S/C11H17N3O2/c1-11(2)8(4-9(11)15)14-10-12-5-7(16-3)6-13-10/h5-6,8-9,15H,4H2,1-3H3,(H,12,13,14). The highest BCUT2D eigenvalue weighted by Gasteiger charge is 2.47. The molecule has 1 saturated carbocycles. The molecule has 0 aromatic carbocycles. The van der Waals surface area contributed by atoms with Crippen molar-refractivity contribution in [2.45, 2.75) is 32.4 Å². The van der Waals surface area contributed by atoms with Crippen LogP contribution in [0.25, 0.3) is 0 Å². The maximum absolute atomic E-state index is 9.61. The number of aliphatic hydroxyl groups excluding tert-OH is 1. The Morgan fingerprint density at radius 2 is 2.06 bits per heavy atom. The van der Waals surface area contributed by atoms with E-state index >= 15 is 0 Å². The van der Waals surface area contributed by atoms with Gasteiger partial charge in [-0.3, -0.25) is 0 Å². The summed E-state index contributed by atoms with van der Waals surface area (Å²) in [6, 6.07) is 0.218. The van der Waals surface area contributed by atoms with Crippen LogP contribution in [0.15, 0.2) is 12.4 Å². The van der Waals surface area contributed by atoms with Crippen LogP contribution in [0.3, 0.4) is 0 Å². The first kappa shape index (κ1) is 11.1. The van der Waals surface area contributed by atoms with E-state index < -0.39 is 0 Å². The third-order valence-corrected chi connectivity index (χ3v) is 3.38. The molecule has 1 aliphatic carbocycles. The van der Waals surface area contributed by atoms with Gasteiger partial charge in [-0.25, -0.2) is 9.97 Å². The normalized spacial score (nSPS) is 27.0. The Balaban J connectivity index is 2.00. The Labute approximate surface area is 94.9 Å². The molecule has 0 radical (unpaired) electrons. The number of aromatic nitrogens is 2. The first-order valence-electron chi connectivity index (χ1n) is 5.34. The molecule has 0 aliphatic heterocycles. The Hall–Kier alpha value is -1.36. The summed E-state index contributed by atoms with van der Waals surface area (Å²) in [5, 5.41) is 12.8. The summed E-state index contributed by atoms with van der Waals surface area (Å²) in [6.07, 6.45) is 3.74. The van der Waals surface area contributed by atoms with Gasteiger partial charge in [-0.2, -0.15) is 0 Å². The van der Waals surface area contributed by atoms with Gasteiger partial charge in [0, 0.05) is 11.5 Å². The van der Waals surface area contributed by atoms with E-state index in [1.165, 1.54) is 0 Å². The number of rotatable bonds is 3. The van der Waals surface area contributed by atoms with Gasteiger partial charge in [0.2, 0.25) is 5.95 Å². The Morgan fingerprint density at radius 3 is 2.50 bits per heavy atom. The highest BCUT2D eigenvalue weighted by molar-refractivity contribution is 5.31. The van der Waals surface area contributed by atoms with E-state index in [1.54, 1.807) is 19.5 Å². The number of aliphatic hydroxyl groups is 1. The lowest BCUT2D eigenvalue weighted by molar-refractivity contribution is -0.0512. The van der Waals surface area contributed by atoms with Crippen LogP contribution in [0.5, 0.6) is 5.75 Å². The average molecular weight is 223 g/mol. The quantitative estimate of drug-likeness (QED) is 0.802. The third kappa shape index (κ3) is 1.82. The van der Waals surface area contributed by atoms with Gasteiger partial charge >= 0.3 is 0 Å². The minimum absolute atomic E-state index is 0.122. The van der Waals surface area contributed by atoms with E-state index in [1.807, 2.05) is 13.8 Å². The molecule has 0 spiro atoms. The molecule has 2 rings (SSSR count). The summed E-state index contributed by atoms with van der Waals surface area (Å²) in [6.45, 7) is 4.06. The summed E-state index contributed by atoms with van der Waals surface area (Å²) in [7, 11) is 1.58. The third-order valence-electron chi connectivity index (χ3n) is 3.38. The van der Waals surface area contributed by atoms with Crippen molar-refractivity contribution in [2.75, 3.05) is 12.4 Å². The monoisotopic (exact) mass is 223 g/mol. The van der Waals surface area contributed by atoms with Crippen LogP contribution in [-0.2, 0) is 0 Å². The van der Waals surface area contributed by atoms with Crippen LogP contribution in [-0.4, -0.2) is 34.3 Å². The van der Waals surface area contributed by atoms with Gasteiger partial charge in [0.15, 0.2) is 5.75 Å². The van der Waals surface area contributed by atoms with Crippen molar-refractivity contribution in [3.05, 3.63) is 12.4 Å². The fourth-order valence-corrected chi connectivity index (χ4v) is 1.80. The Bertz CT molecular complexity index is 364. The average Bonchev–Trinajstić information content (AvgIpc) is 2.29. The highest BCUT2D eigenvalue weighted by Crippen LogP contribution is 2.41. The lowest BCUT2D eigenvalue weighted by Gasteiger charge is -2.49. The lowest BCUT2D eigenvalue weighted by Crippen LogP contribution is -2.57. The summed E-state index contributed by atoms with van der Waals surface area (Å²) >= 11 is 0. The van der Waals surface area contributed by atoms with Gasteiger partial charge in [0.05, 0.1) is 25.6 Å². The smallest absolute Gasteiger partial charge is 0.223 e. The van der Waals surface area contributed by atoms with Crippen molar-refractivity contribution in [1.29, 1.82) is 0 Å². The molecular weight excluding hydrogens is 206 g/mol. The number of nitrogens with one attached hydrogen (secondary N) is 1. The highest BCUT2D eigenvalue weighted by atomic mass is 16.5. The predicted octanol–water partition coefficient (Wildman–Crippen LogP) is 1.06.